The SMILES string of the molecule is CC(=O)c1ccc(Br)cc1Oc1ccc(Cl)c(Cl)c1. The van der Waals surface area contributed by atoms with E-state index in [1.807, 2.05) is 0 Å². The molecule has 98 valence electrons. The molecule has 0 fully saturated rings. The Kier molecular flexibility index (Phi) is 4.50. The molecule has 2 aromatic carbocycles. The predicted molar refractivity (Wildman–Crippen MR) is 80.7 cm³/mol. The zero-order valence-electron chi connectivity index (χ0n) is 9.91. The van der Waals surface area contributed by atoms with Crippen molar-refractivity contribution in [2.45, 2.75) is 6.92 Å². The highest BCUT2D eigenvalue weighted by Crippen LogP contribution is 2.32. The fourth-order valence-electron chi connectivity index (χ4n) is 1.54. The summed E-state index contributed by atoms with van der Waals surface area (Å²) >= 11 is 15.1. The maximum absolute atomic E-state index is 11.5. The second kappa shape index (κ2) is 5.95. The number of hydrogen-bond acceptors (Lipinski definition) is 2. The Hall–Kier alpha value is -1.03. The van der Waals surface area contributed by atoms with Crippen molar-refractivity contribution in [2.24, 2.45) is 0 Å². The van der Waals surface area contributed by atoms with Crippen molar-refractivity contribution in [3.8, 4) is 11.5 Å². The Balaban J connectivity index is 2.39. The third-order valence-electron chi connectivity index (χ3n) is 2.44. The summed E-state index contributed by atoms with van der Waals surface area (Å²) in [7, 11) is 0. The average molecular weight is 360 g/mol. The van der Waals surface area contributed by atoms with Crippen LogP contribution in [0.1, 0.15) is 17.3 Å². The van der Waals surface area contributed by atoms with E-state index in [1.165, 1.54) is 6.92 Å². The molecule has 0 saturated heterocycles. The Bertz CT molecular complexity index is 641. The van der Waals surface area contributed by atoms with Crippen molar-refractivity contribution in [1.29, 1.82) is 0 Å². The van der Waals surface area contributed by atoms with Crippen LogP contribution in [0.3, 0.4) is 0 Å². The summed E-state index contributed by atoms with van der Waals surface area (Å²) in [5.41, 5.74) is 0.509. The van der Waals surface area contributed by atoms with Crippen molar-refractivity contribution in [3.63, 3.8) is 0 Å². The van der Waals surface area contributed by atoms with E-state index in [0.29, 0.717) is 27.1 Å². The highest BCUT2D eigenvalue weighted by atomic mass is 79.9. The molecular weight excluding hydrogens is 351 g/mol. The molecule has 2 rings (SSSR count). The van der Waals surface area contributed by atoms with Gasteiger partial charge in [-0.1, -0.05) is 39.1 Å². The van der Waals surface area contributed by atoms with Crippen LogP contribution < -0.4 is 4.74 Å². The summed E-state index contributed by atoms with van der Waals surface area (Å²) in [6.07, 6.45) is 0. The number of halogens is 3. The molecule has 0 amide bonds. The molecule has 2 nitrogen and oxygen atoms in total. The minimum atomic E-state index is -0.0671. The van der Waals surface area contributed by atoms with Gasteiger partial charge in [-0.05, 0) is 37.3 Å². The third-order valence-corrected chi connectivity index (χ3v) is 3.67. The summed E-state index contributed by atoms with van der Waals surface area (Å²) in [5.74, 6) is 0.929. The first-order chi connectivity index (χ1) is 8.97. The summed E-state index contributed by atoms with van der Waals surface area (Å²) in [6.45, 7) is 1.49. The number of hydrogen-bond donors (Lipinski definition) is 0. The van der Waals surface area contributed by atoms with Gasteiger partial charge >= 0.3 is 0 Å². The smallest absolute Gasteiger partial charge is 0.163 e. The molecule has 0 radical (unpaired) electrons. The van der Waals surface area contributed by atoms with Gasteiger partial charge in [-0.25, -0.2) is 0 Å². The van der Waals surface area contributed by atoms with Crippen LogP contribution in [0.15, 0.2) is 40.9 Å². The number of Topliss-reactive ketones (excluding diaryl/α,β-unsaturated/α-hetero) is 1. The first-order valence-electron chi connectivity index (χ1n) is 5.41. The third kappa shape index (κ3) is 3.50. The molecule has 0 saturated carbocycles. The zero-order valence-corrected chi connectivity index (χ0v) is 13.0. The number of benzene rings is 2. The summed E-state index contributed by atoms with van der Waals surface area (Å²) < 4.78 is 6.52. The van der Waals surface area contributed by atoms with Gasteiger partial charge in [-0.3, -0.25) is 4.79 Å². The second-order valence-corrected chi connectivity index (χ2v) is 5.60. The largest absolute Gasteiger partial charge is 0.457 e. The summed E-state index contributed by atoms with van der Waals surface area (Å²) in [4.78, 5) is 11.5. The molecular formula is C14H9BrCl2O2. The first-order valence-corrected chi connectivity index (χ1v) is 6.95. The Morgan fingerprint density at radius 3 is 2.47 bits per heavy atom. The minimum Gasteiger partial charge on any atom is -0.457 e. The van der Waals surface area contributed by atoms with E-state index in [9.17, 15) is 4.79 Å². The topological polar surface area (TPSA) is 26.3 Å². The lowest BCUT2D eigenvalue weighted by molar-refractivity contribution is 0.101. The molecule has 0 aliphatic rings. The Labute approximate surface area is 129 Å². The van der Waals surface area contributed by atoms with Gasteiger partial charge in [-0.15, -0.1) is 0 Å². The van der Waals surface area contributed by atoms with Gasteiger partial charge < -0.3 is 4.74 Å². The zero-order chi connectivity index (χ0) is 14.0. The number of ether oxygens (including phenoxy) is 1. The lowest BCUT2D eigenvalue weighted by Crippen LogP contribution is -1.97. The quantitative estimate of drug-likeness (QED) is 0.652. The van der Waals surface area contributed by atoms with E-state index >= 15 is 0 Å². The van der Waals surface area contributed by atoms with Crippen LogP contribution in [0, 0.1) is 0 Å². The number of carbonyl (C=O) groups excluding carboxylic acids is 1. The van der Waals surface area contributed by atoms with E-state index in [4.69, 9.17) is 27.9 Å². The van der Waals surface area contributed by atoms with Crippen molar-refractivity contribution in [2.75, 3.05) is 0 Å². The van der Waals surface area contributed by atoms with Gasteiger partial charge in [0.1, 0.15) is 11.5 Å². The molecule has 0 aromatic heterocycles. The van der Waals surface area contributed by atoms with Gasteiger partial charge in [0.25, 0.3) is 0 Å². The molecule has 0 unspecified atom stereocenters. The molecule has 5 heteroatoms. The lowest BCUT2D eigenvalue weighted by atomic mass is 10.1. The molecule has 2 aromatic rings. The molecule has 0 aliphatic carbocycles. The van der Waals surface area contributed by atoms with Crippen LogP contribution in [-0.4, -0.2) is 5.78 Å². The van der Waals surface area contributed by atoms with Crippen molar-refractivity contribution in [1.82, 2.24) is 0 Å². The Morgan fingerprint density at radius 2 is 1.84 bits per heavy atom. The van der Waals surface area contributed by atoms with E-state index in [2.05, 4.69) is 15.9 Å². The van der Waals surface area contributed by atoms with Crippen molar-refractivity contribution in [3.05, 3.63) is 56.5 Å². The summed E-state index contributed by atoms with van der Waals surface area (Å²) in [6, 6.07) is 10.2. The van der Waals surface area contributed by atoms with E-state index in [1.54, 1.807) is 36.4 Å². The fraction of sp³-hybridized carbons (Fsp3) is 0.0714. The fourth-order valence-corrected chi connectivity index (χ4v) is 2.17. The molecule has 19 heavy (non-hydrogen) atoms. The molecule has 0 spiro atoms. The van der Waals surface area contributed by atoms with E-state index in [-0.39, 0.29) is 5.78 Å². The standard InChI is InChI=1S/C14H9BrCl2O2/c1-8(18)11-4-2-9(15)6-14(11)19-10-3-5-12(16)13(17)7-10/h2-7H,1H3. The van der Waals surface area contributed by atoms with Crippen LogP contribution in [0.5, 0.6) is 11.5 Å². The van der Waals surface area contributed by atoms with Crippen molar-refractivity contribution < 1.29 is 9.53 Å². The summed E-state index contributed by atoms with van der Waals surface area (Å²) in [5, 5.41) is 0.855. The number of rotatable bonds is 3. The maximum atomic E-state index is 11.5. The molecule has 0 aliphatic heterocycles. The number of ketones is 1. The molecule has 0 bridgehead atoms. The van der Waals surface area contributed by atoms with Gasteiger partial charge in [0.05, 0.1) is 15.6 Å². The highest BCUT2D eigenvalue weighted by molar-refractivity contribution is 9.10. The average Bonchev–Trinajstić information content (AvgIpc) is 2.33. The second-order valence-electron chi connectivity index (χ2n) is 3.87. The van der Waals surface area contributed by atoms with Crippen LogP contribution in [0.2, 0.25) is 10.0 Å². The van der Waals surface area contributed by atoms with E-state index < -0.39 is 0 Å². The van der Waals surface area contributed by atoms with Gasteiger partial charge in [0.15, 0.2) is 5.78 Å². The van der Waals surface area contributed by atoms with Crippen LogP contribution in [0.25, 0.3) is 0 Å². The normalized spacial score (nSPS) is 10.3. The van der Waals surface area contributed by atoms with Gasteiger partial charge in [0.2, 0.25) is 0 Å². The van der Waals surface area contributed by atoms with Crippen LogP contribution in [-0.2, 0) is 0 Å². The van der Waals surface area contributed by atoms with Gasteiger partial charge in [0, 0.05) is 10.5 Å². The van der Waals surface area contributed by atoms with Crippen LogP contribution >= 0.6 is 39.1 Å². The van der Waals surface area contributed by atoms with E-state index in [0.717, 1.165) is 4.47 Å². The molecule has 0 N–H and O–H groups in total. The first kappa shape index (κ1) is 14.4. The Morgan fingerprint density at radius 1 is 1.11 bits per heavy atom. The maximum Gasteiger partial charge on any atom is 0.163 e. The van der Waals surface area contributed by atoms with Gasteiger partial charge in [-0.2, -0.15) is 0 Å². The van der Waals surface area contributed by atoms with Crippen LogP contribution in [0.4, 0.5) is 0 Å². The van der Waals surface area contributed by atoms with Crippen molar-refractivity contribution >= 4 is 44.9 Å². The highest BCUT2D eigenvalue weighted by Gasteiger charge is 2.10. The molecule has 0 heterocycles. The predicted octanol–water partition coefficient (Wildman–Crippen LogP) is 5.75. The monoisotopic (exact) mass is 358 g/mol. The molecule has 0 atom stereocenters. The number of carbonyl (C=O) groups is 1. The minimum absolute atomic E-state index is 0.0671. The lowest BCUT2D eigenvalue weighted by Gasteiger charge is -2.10.